The molecular weight excluding hydrogens is 264 g/mol. The van der Waals surface area contributed by atoms with E-state index >= 15 is 0 Å². The summed E-state index contributed by atoms with van der Waals surface area (Å²) in [7, 11) is 0. The Morgan fingerprint density at radius 2 is 1.86 bits per heavy atom. The van der Waals surface area contributed by atoms with Gasteiger partial charge in [-0.05, 0) is 60.9 Å². The predicted octanol–water partition coefficient (Wildman–Crippen LogP) is 3.06. The van der Waals surface area contributed by atoms with E-state index in [0.29, 0.717) is 11.8 Å². The third kappa shape index (κ3) is 2.94. The molecule has 2 aliphatic rings. The molecule has 2 N–H and O–H groups in total. The van der Waals surface area contributed by atoms with E-state index < -0.39 is 0 Å². The number of hydrogen-bond acceptors (Lipinski definition) is 3. The molecule has 2 aliphatic carbocycles. The molecule has 0 aromatic heterocycles. The van der Waals surface area contributed by atoms with Gasteiger partial charge < -0.3 is 5.11 Å². The van der Waals surface area contributed by atoms with Crippen LogP contribution in [0.2, 0.25) is 0 Å². The summed E-state index contributed by atoms with van der Waals surface area (Å²) in [6, 6.07) is 6.91. The first-order valence-electron chi connectivity index (χ1n) is 7.86. The summed E-state index contributed by atoms with van der Waals surface area (Å²) in [6.45, 7) is 2.01. The van der Waals surface area contributed by atoms with Crippen LogP contribution < -0.4 is 5.43 Å². The topological polar surface area (TPSA) is 61.7 Å². The number of nitrogens with zero attached hydrogens (tertiary/aromatic N) is 1. The number of rotatable bonds is 4. The number of phenolic OH excluding ortho intramolecular Hbond substituents is 1. The van der Waals surface area contributed by atoms with E-state index in [2.05, 4.69) is 10.5 Å². The molecule has 0 aliphatic heterocycles. The maximum absolute atomic E-state index is 12.2. The summed E-state index contributed by atoms with van der Waals surface area (Å²) < 4.78 is 0. The highest BCUT2D eigenvalue weighted by atomic mass is 16.3. The van der Waals surface area contributed by atoms with Crippen molar-refractivity contribution in [2.45, 2.75) is 39.0 Å². The van der Waals surface area contributed by atoms with Crippen molar-refractivity contribution in [1.82, 2.24) is 5.43 Å². The first kappa shape index (κ1) is 14.1. The Morgan fingerprint density at radius 3 is 2.43 bits per heavy atom. The summed E-state index contributed by atoms with van der Waals surface area (Å²) in [5, 5.41) is 13.6. The molecule has 4 nitrogen and oxygen atoms in total. The minimum atomic E-state index is 0.0802. The Kier molecular flexibility index (Phi) is 3.95. The third-order valence-corrected chi connectivity index (χ3v) is 4.80. The van der Waals surface area contributed by atoms with Gasteiger partial charge in [0.2, 0.25) is 5.91 Å². The van der Waals surface area contributed by atoms with Gasteiger partial charge in [-0.25, -0.2) is 5.43 Å². The molecule has 0 spiro atoms. The molecule has 1 aromatic carbocycles. The molecule has 112 valence electrons. The van der Waals surface area contributed by atoms with Crippen LogP contribution in [-0.4, -0.2) is 16.7 Å². The smallest absolute Gasteiger partial charge is 0.243 e. The van der Waals surface area contributed by atoms with Crippen LogP contribution in [0.25, 0.3) is 0 Å². The SMILES string of the molecule is CC/C(=N/NC(=O)C1C2CCCCC21)c1ccc(O)cc1. The van der Waals surface area contributed by atoms with Crippen molar-refractivity contribution in [3.05, 3.63) is 29.8 Å². The van der Waals surface area contributed by atoms with E-state index in [-0.39, 0.29) is 17.6 Å². The predicted molar refractivity (Wildman–Crippen MR) is 82.0 cm³/mol. The molecule has 0 radical (unpaired) electrons. The van der Waals surface area contributed by atoms with Gasteiger partial charge in [0.25, 0.3) is 0 Å². The van der Waals surface area contributed by atoms with E-state index in [1.54, 1.807) is 12.1 Å². The summed E-state index contributed by atoms with van der Waals surface area (Å²) >= 11 is 0. The average Bonchev–Trinajstić information content (AvgIpc) is 3.24. The monoisotopic (exact) mass is 286 g/mol. The van der Waals surface area contributed by atoms with Crippen LogP contribution in [0.4, 0.5) is 0 Å². The van der Waals surface area contributed by atoms with E-state index in [1.165, 1.54) is 25.7 Å². The number of nitrogens with one attached hydrogen (secondary N) is 1. The van der Waals surface area contributed by atoms with Crippen LogP contribution >= 0.6 is 0 Å². The van der Waals surface area contributed by atoms with Gasteiger partial charge in [-0.15, -0.1) is 0 Å². The Bertz CT molecular complexity index is 538. The highest BCUT2D eigenvalue weighted by Gasteiger charge is 2.54. The summed E-state index contributed by atoms with van der Waals surface area (Å²) in [6.07, 6.45) is 5.67. The molecule has 2 atom stereocenters. The van der Waals surface area contributed by atoms with E-state index in [9.17, 15) is 9.90 Å². The Morgan fingerprint density at radius 1 is 1.24 bits per heavy atom. The zero-order valence-corrected chi connectivity index (χ0v) is 12.4. The van der Waals surface area contributed by atoms with Crippen molar-refractivity contribution in [2.24, 2.45) is 22.9 Å². The molecule has 1 aromatic rings. The Labute approximate surface area is 125 Å². The first-order valence-corrected chi connectivity index (χ1v) is 7.86. The van der Waals surface area contributed by atoms with Gasteiger partial charge in [-0.1, -0.05) is 19.8 Å². The summed E-state index contributed by atoms with van der Waals surface area (Å²) in [4.78, 5) is 12.2. The minimum Gasteiger partial charge on any atom is -0.508 e. The van der Waals surface area contributed by atoms with E-state index in [0.717, 1.165) is 17.7 Å². The van der Waals surface area contributed by atoms with Gasteiger partial charge in [-0.2, -0.15) is 5.10 Å². The molecule has 0 heterocycles. The second-order valence-corrected chi connectivity index (χ2v) is 6.07. The molecule has 3 rings (SSSR count). The van der Waals surface area contributed by atoms with Crippen LogP contribution in [0.3, 0.4) is 0 Å². The fraction of sp³-hybridized carbons (Fsp3) is 0.529. The maximum atomic E-state index is 12.2. The van der Waals surface area contributed by atoms with E-state index in [4.69, 9.17) is 0 Å². The second kappa shape index (κ2) is 5.88. The van der Waals surface area contributed by atoms with E-state index in [1.807, 2.05) is 19.1 Å². The largest absolute Gasteiger partial charge is 0.508 e. The van der Waals surface area contributed by atoms with Gasteiger partial charge in [0.1, 0.15) is 5.75 Å². The van der Waals surface area contributed by atoms with Crippen molar-refractivity contribution in [3.8, 4) is 5.75 Å². The van der Waals surface area contributed by atoms with Gasteiger partial charge >= 0.3 is 0 Å². The normalized spacial score (nSPS) is 27.9. The van der Waals surface area contributed by atoms with Gasteiger partial charge in [-0.3, -0.25) is 4.79 Å². The lowest BCUT2D eigenvalue weighted by Crippen LogP contribution is -2.22. The fourth-order valence-electron chi connectivity index (χ4n) is 3.58. The van der Waals surface area contributed by atoms with Crippen LogP contribution in [0.1, 0.15) is 44.6 Å². The number of carbonyl (C=O) groups excluding carboxylic acids is 1. The number of fused-ring (bicyclic) bond motifs is 1. The van der Waals surface area contributed by atoms with Crippen LogP contribution in [0, 0.1) is 17.8 Å². The Balaban J connectivity index is 1.63. The minimum absolute atomic E-state index is 0.0802. The highest BCUT2D eigenvalue weighted by molar-refractivity contribution is 6.01. The fourth-order valence-corrected chi connectivity index (χ4v) is 3.58. The zero-order valence-electron chi connectivity index (χ0n) is 12.4. The number of hydrogen-bond donors (Lipinski definition) is 2. The number of aromatic hydroxyl groups is 1. The molecule has 2 fully saturated rings. The average molecular weight is 286 g/mol. The first-order chi connectivity index (χ1) is 10.2. The number of benzene rings is 1. The van der Waals surface area contributed by atoms with Crippen LogP contribution in [0.5, 0.6) is 5.75 Å². The van der Waals surface area contributed by atoms with Crippen molar-refractivity contribution in [2.75, 3.05) is 0 Å². The highest BCUT2D eigenvalue weighted by Crippen LogP contribution is 2.55. The number of carbonyl (C=O) groups is 1. The standard InChI is InChI=1S/C17H22N2O2/c1-2-15(11-7-9-12(20)10-8-11)18-19-17(21)16-13-5-3-4-6-14(13)16/h7-10,13-14,16,20H,2-6H2,1H3,(H,19,21)/b18-15-. The van der Waals surface area contributed by atoms with Crippen molar-refractivity contribution >= 4 is 11.6 Å². The van der Waals surface area contributed by atoms with Crippen LogP contribution in [-0.2, 0) is 4.79 Å². The third-order valence-electron chi connectivity index (χ3n) is 4.80. The summed E-state index contributed by atoms with van der Waals surface area (Å²) in [5.74, 6) is 1.71. The van der Waals surface area contributed by atoms with Gasteiger partial charge in [0, 0.05) is 5.92 Å². The molecular formula is C17H22N2O2. The molecule has 2 unspecified atom stereocenters. The lowest BCUT2D eigenvalue weighted by Gasteiger charge is -2.05. The quantitative estimate of drug-likeness (QED) is 0.660. The molecule has 4 heteroatoms. The second-order valence-electron chi connectivity index (χ2n) is 6.07. The molecule has 0 bridgehead atoms. The number of amides is 1. The Hall–Kier alpha value is -1.84. The maximum Gasteiger partial charge on any atom is 0.243 e. The van der Waals surface area contributed by atoms with Gasteiger partial charge in [0.05, 0.1) is 5.71 Å². The lowest BCUT2D eigenvalue weighted by molar-refractivity contribution is -0.122. The van der Waals surface area contributed by atoms with Crippen molar-refractivity contribution in [1.29, 1.82) is 0 Å². The number of hydrazone groups is 1. The van der Waals surface area contributed by atoms with Crippen LogP contribution in [0.15, 0.2) is 29.4 Å². The molecule has 21 heavy (non-hydrogen) atoms. The summed E-state index contributed by atoms with van der Waals surface area (Å²) in [5.41, 5.74) is 4.53. The van der Waals surface area contributed by atoms with Crippen molar-refractivity contribution in [3.63, 3.8) is 0 Å². The molecule has 0 saturated heterocycles. The number of phenols is 1. The van der Waals surface area contributed by atoms with Crippen molar-refractivity contribution < 1.29 is 9.90 Å². The molecule has 2 saturated carbocycles. The zero-order chi connectivity index (χ0) is 14.8. The lowest BCUT2D eigenvalue weighted by atomic mass is 10.0. The van der Waals surface area contributed by atoms with Gasteiger partial charge in [0.15, 0.2) is 0 Å². The molecule has 1 amide bonds.